The second-order valence-electron chi connectivity index (χ2n) is 3.52. The first kappa shape index (κ1) is 12.2. The third-order valence-electron chi connectivity index (χ3n) is 2.25. The van der Waals surface area contributed by atoms with Gasteiger partial charge in [-0.05, 0) is 29.8 Å². The van der Waals surface area contributed by atoms with Crippen LogP contribution in [-0.4, -0.2) is 12.4 Å². The summed E-state index contributed by atoms with van der Waals surface area (Å²) >= 11 is 0. The van der Waals surface area contributed by atoms with E-state index in [0.717, 1.165) is 19.4 Å². The molecule has 0 saturated heterocycles. The van der Waals surface area contributed by atoms with Crippen LogP contribution in [0.5, 0.6) is 0 Å². The quantitative estimate of drug-likeness (QED) is 0.234. The van der Waals surface area contributed by atoms with Gasteiger partial charge in [-0.3, -0.25) is 5.41 Å². The van der Waals surface area contributed by atoms with Gasteiger partial charge in [0.05, 0.1) is 5.69 Å². The van der Waals surface area contributed by atoms with Gasteiger partial charge >= 0.3 is 0 Å². The molecule has 0 aromatic heterocycles. The van der Waals surface area contributed by atoms with E-state index in [2.05, 4.69) is 17.4 Å². The fraction of sp³-hybridized carbons (Fsp3) is 0.364. The number of benzene rings is 1. The van der Waals surface area contributed by atoms with Crippen molar-refractivity contribution >= 4 is 17.2 Å². The van der Waals surface area contributed by atoms with Gasteiger partial charge in [0, 0.05) is 12.1 Å². The fourth-order valence-electron chi connectivity index (χ4n) is 1.27. The molecule has 16 heavy (non-hydrogen) atoms. The third-order valence-corrected chi connectivity index (χ3v) is 2.25. The zero-order chi connectivity index (χ0) is 12.0. The van der Waals surface area contributed by atoms with Crippen LogP contribution in [0.1, 0.15) is 25.3 Å². The van der Waals surface area contributed by atoms with E-state index in [1.54, 1.807) is 12.1 Å². The topological polar surface area (TPSA) is 91.3 Å². The smallest absolute Gasteiger partial charge is 0.131 e. The first-order valence-corrected chi connectivity index (χ1v) is 5.24. The SMILES string of the molecule is CCCCNC(=N)c1ccc(N)c(N=O)c1. The minimum absolute atomic E-state index is 0.180. The molecule has 0 bridgehead atoms. The molecule has 86 valence electrons. The molecule has 5 nitrogen and oxygen atoms in total. The summed E-state index contributed by atoms with van der Waals surface area (Å²) in [7, 11) is 0. The molecule has 1 rings (SSSR count). The molecule has 0 unspecified atom stereocenters. The number of unbranched alkanes of at least 4 members (excludes halogenated alkanes) is 1. The number of hydrogen-bond donors (Lipinski definition) is 3. The molecule has 0 amide bonds. The van der Waals surface area contributed by atoms with Crippen LogP contribution in [-0.2, 0) is 0 Å². The minimum atomic E-state index is 0.180. The Labute approximate surface area is 94.5 Å². The lowest BCUT2D eigenvalue weighted by Gasteiger charge is -2.08. The Morgan fingerprint density at radius 1 is 1.56 bits per heavy atom. The van der Waals surface area contributed by atoms with Crippen molar-refractivity contribution in [1.82, 2.24) is 5.32 Å². The van der Waals surface area contributed by atoms with Gasteiger partial charge in [0.1, 0.15) is 11.5 Å². The van der Waals surface area contributed by atoms with E-state index in [1.165, 1.54) is 6.07 Å². The summed E-state index contributed by atoms with van der Waals surface area (Å²) in [6.45, 7) is 2.84. The highest BCUT2D eigenvalue weighted by atomic mass is 16.3. The molecule has 0 spiro atoms. The van der Waals surface area contributed by atoms with Gasteiger partial charge in [0.15, 0.2) is 0 Å². The Kier molecular flexibility index (Phi) is 4.44. The van der Waals surface area contributed by atoms with E-state index in [9.17, 15) is 4.91 Å². The van der Waals surface area contributed by atoms with Crippen LogP contribution in [0.15, 0.2) is 23.4 Å². The van der Waals surface area contributed by atoms with Crippen molar-refractivity contribution < 1.29 is 0 Å². The van der Waals surface area contributed by atoms with Crippen LogP contribution in [0.3, 0.4) is 0 Å². The number of nitrogens with one attached hydrogen (secondary N) is 2. The predicted octanol–water partition coefficient (Wildman–Crippen LogP) is 2.38. The fourth-order valence-corrected chi connectivity index (χ4v) is 1.27. The average Bonchev–Trinajstić information content (AvgIpc) is 2.30. The highest BCUT2D eigenvalue weighted by Gasteiger charge is 2.05. The van der Waals surface area contributed by atoms with Gasteiger partial charge in [-0.15, -0.1) is 4.91 Å². The largest absolute Gasteiger partial charge is 0.397 e. The number of amidine groups is 1. The Morgan fingerprint density at radius 3 is 2.94 bits per heavy atom. The molecule has 0 heterocycles. The molecule has 5 heteroatoms. The van der Waals surface area contributed by atoms with E-state index in [0.29, 0.717) is 17.1 Å². The zero-order valence-corrected chi connectivity index (χ0v) is 9.29. The van der Waals surface area contributed by atoms with Crippen LogP contribution >= 0.6 is 0 Å². The molecule has 0 fully saturated rings. The van der Waals surface area contributed by atoms with E-state index in [1.807, 2.05) is 0 Å². The van der Waals surface area contributed by atoms with Gasteiger partial charge in [-0.25, -0.2) is 0 Å². The van der Waals surface area contributed by atoms with Gasteiger partial charge in [0.25, 0.3) is 0 Å². The molecule has 0 aliphatic heterocycles. The van der Waals surface area contributed by atoms with Crippen molar-refractivity contribution in [3.63, 3.8) is 0 Å². The van der Waals surface area contributed by atoms with Gasteiger partial charge in [-0.1, -0.05) is 13.3 Å². The molecule has 4 N–H and O–H groups in total. The number of anilines is 1. The lowest BCUT2D eigenvalue weighted by molar-refractivity contribution is 0.753. The van der Waals surface area contributed by atoms with Crippen LogP contribution in [0.25, 0.3) is 0 Å². The second-order valence-corrected chi connectivity index (χ2v) is 3.52. The van der Waals surface area contributed by atoms with E-state index < -0.39 is 0 Å². The monoisotopic (exact) mass is 220 g/mol. The Bertz CT molecular complexity index is 390. The Hall–Kier alpha value is -1.91. The van der Waals surface area contributed by atoms with E-state index >= 15 is 0 Å². The summed E-state index contributed by atoms with van der Waals surface area (Å²) in [5.74, 6) is 0.290. The van der Waals surface area contributed by atoms with Crippen LogP contribution in [0, 0.1) is 10.3 Å². The van der Waals surface area contributed by atoms with E-state index in [4.69, 9.17) is 11.1 Å². The molecule has 1 aromatic carbocycles. The number of nitroso groups, excluding NO2 is 1. The number of nitrogen functional groups attached to an aromatic ring is 1. The lowest BCUT2D eigenvalue weighted by atomic mass is 10.1. The molecule has 1 aromatic rings. The van der Waals surface area contributed by atoms with Crippen molar-refractivity contribution in [1.29, 1.82) is 5.41 Å². The summed E-state index contributed by atoms with van der Waals surface area (Å²) in [6.07, 6.45) is 2.08. The number of hydrogen-bond acceptors (Lipinski definition) is 4. The first-order chi connectivity index (χ1) is 7.69. The van der Waals surface area contributed by atoms with Gasteiger partial charge in [0.2, 0.25) is 0 Å². The first-order valence-electron chi connectivity index (χ1n) is 5.24. The average molecular weight is 220 g/mol. The summed E-state index contributed by atoms with van der Waals surface area (Å²) in [4.78, 5) is 10.4. The second kappa shape index (κ2) is 5.85. The standard InChI is InChI=1S/C11H16N4O/c1-2-3-6-14-11(13)8-4-5-9(12)10(7-8)15-16/h4-5,7H,2-3,6,12H2,1H3,(H2,13,14). The summed E-state index contributed by atoms with van der Waals surface area (Å²) < 4.78 is 0. The highest BCUT2D eigenvalue weighted by molar-refractivity contribution is 5.97. The summed E-state index contributed by atoms with van der Waals surface area (Å²) in [5, 5.41) is 13.5. The molecule has 0 saturated carbocycles. The minimum Gasteiger partial charge on any atom is -0.397 e. The molecular formula is C11H16N4O. The number of nitrogens with two attached hydrogens (primary N) is 1. The Balaban J connectivity index is 2.72. The van der Waals surface area contributed by atoms with Gasteiger partial charge in [-0.2, -0.15) is 0 Å². The van der Waals surface area contributed by atoms with Crippen molar-refractivity contribution in [2.45, 2.75) is 19.8 Å². The molecule has 0 atom stereocenters. The zero-order valence-electron chi connectivity index (χ0n) is 9.29. The maximum atomic E-state index is 10.4. The number of nitrogens with zero attached hydrogens (tertiary/aromatic N) is 1. The van der Waals surface area contributed by atoms with Crippen LogP contribution in [0.4, 0.5) is 11.4 Å². The summed E-state index contributed by atoms with van der Waals surface area (Å²) in [5.41, 5.74) is 6.68. The van der Waals surface area contributed by atoms with Crippen molar-refractivity contribution in [3.05, 3.63) is 28.7 Å². The summed E-state index contributed by atoms with van der Waals surface area (Å²) in [6, 6.07) is 4.80. The molecule has 0 aliphatic carbocycles. The molecule has 0 radical (unpaired) electrons. The normalized spacial score (nSPS) is 9.81. The van der Waals surface area contributed by atoms with Crippen molar-refractivity contribution in [3.8, 4) is 0 Å². The maximum Gasteiger partial charge on any atom is 0.131 e. The third kappa shape index (κ3) is 3.05. The van der Waals surface area contributed by atoms with Crippen LogP contribution < -0.4 is 11.1 Å². The predicted molar refractivity (Wildman–Crippen MR) is 66.0 cm³/mol. The molecular weight excluding hydrogens is 204 g/mol. The van der Waals surface area contributed by atoms with Gasteiger partial charge < -0.3 is 11.1 Å². The van der Waals surface area contributed by atoms with E-state index in [-0.39, 0.29) is 5.69 Å². The Morgan fingerprint density at radius 2 is 2.31 bits per heavy atom. The lowest BCUT2D eigenvalue weighted by Crippen LogP contribution is -2.24. The van der Waals surface area contributed by atoms with Crippen molar-refractivity contribution in [2.24, 2.45) is 5.18 Å². The van der Waals surface area contributed by atoms with Crippen molar-refractivity contribution in [2.75, 3.05) is 12.3 Å². The molecule has 0 aliphatic rings. The van der Waals surface area contributed by atoms with Crippen LogP contribution in [0.2, 0.25) is 0 Å². The number of rotatable bonds is 5. The maximum absolute atomic E-state index is 10.4. The highest BCUT2D eigenvalue weighted by Crippen LogP contribution is 2.22.